The van der Waals surface area contributed by atoms with Gasteiger partial charge in [-0.15, -0.1) is 0 Å². The molecule has 1 atom stereocenters. The topological polar surface area (TPSA) is 24.5 Å². The molecule has 1 N–H and O–H groups in total. The van der Waals surface area contributed by atoms with Crippen LogP contribution in [0.1, 0.15) is 37.8 Å². The van der Waals surface area contributed by atoms with E-state index >= 15 is 0 Å². The molecule has 1 aromatic rings. The minimum atomic E-state index is -0.162. The molecule has 0 bridgehead atoms. The van der Waals surface area contributed by atoms with Gasteiger partial charge >= 0.3 is 0 Å². The second-order valence-corrected chi connectivity index (χ2v) is 5.68. The number of nitrogens with zero attached hydrogens (tertiary/aromatic N) is 1. The van der Waals surface area contributed by atoms with Crippen molar-refractivity contribution in [2.75, 3.05) is 33.3 Å². The van der Waals surface area contributed by atoms with Crippen LogP contribution in [0.25, 0.3) is 0 Å². The maximum Gasteiger partial charge on any atom is 0.123 e. The zero-order valence-corrected chi connectivity index (χ0v) is 13.1. The largest absolute Gasteiger partial charge is 0.378 e. The van der Waals surface area contributed by atoms with Crippen LogP contribution < -0.4 is 5.32 Å². The van der Waals surface area contributed by atoms with Crippen molar-refractivity contribution in [3.63, 3.8) is 0 Å². The Balaban J connectivity index is 1.79. The molecule has 0 spiro atoms. The predicted molar refractivity (Wildman–Crippen MR) is 83.9 cm³/mol. The van der Waals surface area contributed by atoms with Gasteiger partial charge in [0.25, 0.3) is 0 Å². The van der Waals surface area contributed by atoms with E-state index in [1.54, 1.807) is 12.1 Å². The zero-order chi connectivity index (χ0) is 15.1. The Hall–Kier alpha value is -0.970. The van der Waals surface area contributed by atoms with Crippen LogP contribution in [0.3, 0.4) is 0 Å². The van der Waals surface area contributed by atoms with Crippen LogP contribution in [-0.4, -0.2) is 44.3 Å². The van der Waals surface area contributed by atoms with Gasteiger partial charge in [-0.2, -0.15) is 0 Å². The van der Waals surface area contributed by atoms with E-state index in [0.717, 1.165) is 51.1 Å². The van der Waals surface area contributed by atoms with E-state index in [0.29, 0.717) is 6.10 Å². The third-order valence-electron chi connectivity index (χ3n) is 4.27. The molecule has 0 aliphatic carbocycles. The first-order chi connectivity index (χ1) is 10.2. The van der Waals surface area contributed by atoms with Crippen LogP contribution in [-0.2, 0) is 4.74 Å². The highest BCUT2D eigenvalue weighted by Gasteiger charge is 2.20. The molecule has 0 aromatic heterocycles. The number of hydrogen-bond acceptors (Lipinski definition) is 3. The fourth-order valence-corrected chi connectivity index (χ4v) is 3.05. The first-order valence-corrected chi connectivity index (χ1v) is 7.99. The normalized spacial score (nSPS) is 18.8. The van der Waals surface area contributed by atoms with Crippen molar-refractivity contribution >= 4 is 0 Å². The molecule has 1 aromatic carbocycles. The second-order valence-electron chi connectivity index (χ2n) is 5.68. The molecule has 0 saturated carbocycles. The van der Waals surface area contributed by atoms with Gasteiger partial charge in [0.05, 0.1) is 6.10 Å². The molecule has 2 rings (SSSR count). The summed E-state index contributed by atoms with van der Waals surface area (Å²) in [6.45, 7) is 6.12. The molecular formula is C17H27FN2O. The zero-order valence-electron chi connectivity index (χ0n) is 13.1. The summed E-state index contributed by atoms with van der Waals surface area (Å²) in [5.74, 6) is -0.162. The lowest BCUT2D eigenvalue weighted by Crippen LogP contribution is -2.38. The van der Waals surface area contributed by atoms with Crippen molar-refractivity contribution in [2.24, 2.45) is 0 Å². The summed E-state index contributed by atoms with van der Waals surface area (Å²) >= 11 is 0. The SMILES string of the molecule is CCOC1CCN(CCC(NC)c2cccc(F)c2)CC1. The maximum absolute atomic E-state index is 13.3. The second kappa shape index (κ2) is 8.47. The van der Waals surface area contributed by atoms with Crippen molar-refractivity contribution in [3.8, 4) is 0 Å². The highest BCUT2D eigenvalue weighted by atomic mass is 19.1. The summed E-state index contributed by atoms with van der Waals surface area (Å²) in [5.41, 5.74) is 1.03. The highest BCUT2D eigenvalue weighted by molar-refractivity contribution is 5.20. The van der Waals surface area contributed by atoms with Gasteiger partial charge in [0.1, 0.15) is 5.82 Å². The predicted octanol–water partition coefficient (Wildman–Crippen LogP) is 2.98. The Morgan fingerprint density at radius 1 is 1.38 bits per heavy atom. The monoisotopic (exact) mass is 294 g/mol. The number of piperidine rings is 1. The average Bonchev–Trinajstić information content (AvgIpc) is 2.50. The van der Waals surface area contributed by atoms with Crippen LogP contribution >= 0.6 is 0 Å². The Bertz CT molecular complexity index is 419. The lowest BCUT2D eigenvalue weighted by atomic mass is 10.0. The van der Waals surface area contributed by atoms with E-state index < -0.39 is 0 Å². The van der Waals surface area contributed by atoms with E-state index in [9.17, 15) is 4.39 Å². The summed E-state index contributed by atoms with van der Waals surface area (Å²) in [6, 6.07) is 7.11. The molecule has 1 saturated heterocycles. The molecule has 1 fully saturated rings. The van der Waals surface area contributed by atoms with Crippen molar-refractivity contribution < 1.29 is 9.13 Å². The first-order valence-electron chi connectivity index (χ1n) is 7.99. The number of rotatable bonds is 7. The molecule has 118 valence electrons. The van der Waals surface area contributed by atoms with Crippen LogP contribution in [0.2, 0.25) is 0 Å². The van der Waals surface area contributed by atoms with Gasteiger partial charge in [0.2, 0.25) is 0 Å². The van der Waals surface area contributed by atoms with E-state index in [2.05, 4.69) is 17.1 Å². The third-order valence-corrected chi connectivity index (χ3v) is 4.27. The Morgan fingerprint density at radius 2 is 2.14 bits per heavy atom. The van der Waals surface area contributed by atoms with Crippen molar-refractivity contribution in [3.05, 3.63) is 35.6 Å². The van der Waals surface area contributed by atoms with E-state index in [1.165, 1.54) is 6.07 Å². The fraction of sp³-hybridized carbons (Fsp3) is 0.647. The lowest BCUT2D eigenvalue weighted by molar-refractivity contribution is 0.0136. The molecule has 1 aliphatic heterocycles. The summed E-state index contributed by atoms with van der Waals surface area (Å²) in [5, 5.41) is 3.30. The Labute approximate surface area is 127 Å². The summed E-state index contributed by atoms with van der Waals surface area (Å²) in [4.78, 5) is 2.49. The van der Waals surface area contributed by atoms with E-state index in [1.807, 2.05) is 13.1 Å². The Morgan fingerprint density at radius 3 is 2.76 bits per heavy atom. The van der Waals surface area contributed by atoms with Gasteiger partial charge in [0, 0.05) is 25.7 Å². The van der Waals surface area contributed by atoms with Gasteiger partial charge in [0.15, 0.2) is 0 Å². The van der Waals surface area contributed by atoms with Gasteiger partial charge in [-0.1, -0.05) is 12.1 Å². The number of halogens is 1. The minimum absolute atomic E-state index is 0.162. The van der Waals surface area contributed by atoms with Gasteiger partial charge in [-0.25, -0.2) is 4.39 Å². The van der Waals surface area contributed by atoms with Crippen molar-refractivity contribution in [1.82, 2.24) is 10.2 Å². The van der Waals surface area contributed by atoms with Gasteiger partial charge in [-0.3, -0.25) is 0 Å². The molecule has 3 nitrogen and oxygen atoms in total. The van der Waals surface area contributed by atoms with Gasteiger partial charge in [-0.05, 0) is 57.5 Å². The molecular weight excluding hydrogens is 267 g/mol. The molecule has 0 radical (unpaired) electrons. The lowest BCUT2D eigenvalue weighted by Gasteiger charge is -2.32. The molecule has 1 heterocycles. The molecule has 1 aliphatic rings. The highest BCUT2D eigenvalue weighted by Crippen LogP contribution is 2.20. The number of benzene rings is 1. The number of likely N-dealkylation sites (tertiary alicyclic amines) is 1. The number of nitrogens with one attached hydrogen (secondary N) is 1. The van der Waals surface area contributed by atoms with E-state index in [4.69, 9.17) is 4.74 Å². The van der Waals surface area contributed by atoms with Crippen LogP contribution in [0.4, 0.5) is 4.39 Å². The summed E-state index contributed by atoms with van der Waals surface area (Å²) < 4.78 is 19.0. The minimum Gasteiger partial charge on any atom is -0.378 e. The average molecular weight is 294 g/mol. The van der Waals surface area contributed by atoms with Crippen LogP contribution in [0.15, 0.2) is 24.3 Å². The number of hydrogen-bond donors (Lipinski definition) is 1. The first kappa shape index (κ1) is 16.4. The molecule has 1 unspecified atom stereocenters. The standard InChI is InChI=1S/C17H27FN2O/c1-3-21-16-7-10-20(11-8-16)12-9-17(19-2)14-5-4-6-15(18)13-14/h4-6,13,16-17,19H,3,7-12H2,1-2H3. The van der Waals surface area contributed by atoms with Gasteiger partial charge < -0.3 is 15.0 Å². The van der Waals surface area contributed by atoms with E-state index in [-0.39, 0.29) is 11.9 Å². The van der Waals surface area contributed by atoms with Crippen molar-refractivity contribution in [2.45, 2.75) is 38.3 Å². The fourth-order valence-electron chi connectivity index (χ4n) is 3.05. The smallest absolute Gasteiger partial charge is 0.123 e. The van der Waals surface area contributed by atoms with Crippen LogP contribution in [0.5, 0.6) is 0 Å². The molecule has 21 heavy (non-hydrogen) atoms. The quantitative estimate of drug-likeness (QED) is 0.837. The third kappa shape index (κ3) is 5.06. The summed E-state index contributed by atoms with van der Waals surface area (Å²) in [6.07, 6.45) is 3.68. The molecule has 4 heteroatoms. The van der Waals surface area contributed by atoms with Crippen LogP contribution in [0, 0.1) is 5.82 Å². The van der Waals surface area contributed by atoms with Crippen molar-refractivity contribution in [1.29, 1.82) is 0 Å². The maximum atomic E-state index is 13.3. The number of ether oxygens (including phenoxy) is 1. The molecule has 0 amide bonds. The summed E-state index contributed by atoms with van der Waals surface area (Å²) in [7, 11) is 1.94. The Kier molecular flexibility index (Phi) is 6.61.